The quantitative estimate of drug-likeness (QED) is 0.676. The summed E-state index contributed by atoms with van der Waals surface area (Å²) >= 11 is 0. The van der Waals surface area contributed by atoms with E-state index in [4.69, 9.17) is 4.74 Å². The maximum atomic E-state index is 11.5. The van der Waals surface area contributed by atoms with Crippen LogP contribution in [0, 0.1) is 0 Å². The summed E-state index contributed by atoms with van der Waals surface area (Å²) in [5.41, 5.74) is 0.863. The van der Waals surface area contributed by atoms with Crippen LogP contribution in [0.2, 0.25) is 0 Å². The Bertz CT molecular complexity index is 382. The Labute approximate surface area is 107 Å². The largest absolute Gasteiger partial charge is 0.508 e. The molecule has 1 atom stereocenters. The molecule has 1 unspecified atom stereocenters. The molecule has 5 nitrogen and oxygen atoms in total. The first-order valence-electron chi connectivity index (χ1n) is 5.95. The summed E-state index contributed by atoms with van der Waals surface area (Å²) < 4.78 is 4.89. The molecule has 0 aliphatic rings. The first-order valence-corrected chi connectivity index (χ1v) is 5.95. The van der Waals surface area contributed by atoms with Crippen molar-refractivity contribution in [2.45, 2.75) is 19.4 Å². The molecule has 0 saturated carbocycles. The average Bonchev–Trinajstić information content (AvgIpc) is 2.34. The second-order valence-corrected chi connectivity index (χ2v) is 4.06. The molecule has 3 N–H and O–H groups in total. The van der Waals surface area contributed by atoms with Gasteiger partial charge in [-0.2, -0.15) is 0 Å². The zero-order valence-corrected chi connectivity index (χ0v) is 10.8. The van der Waals surface area contributed by atoms with Gasteiger partial charge in [-0.25, -0.2) is 4.79 Å². The molecule has 18 heavy (non-hydrogen) atoms. The number of nitrogens with one attached hydrogen (secondary N) is 2. The number of phenolic OH excluding ortho intramolecular Hbond substituents is 1. The molecule has 1 aromatic rings. The van der Waals surface area contributed by atoms with Gasteiger partial charge in [0.1, 0.15) is 5.75 Å². The number of carbonyl (C=O) groups excluding carboxylic acids is 1. The third kappa shape index (κ3) is 5.05. The molecule has 0 saturated heterocycles. The summed E-state index contributed by atoms with van der Waals surface area (Å²) in [4.78, 5) is 11.5. The number of amides is 2. The van der Waals surface area contributed by atoms with Crippen LogP contribution in [0.3, 0.4) is 0 Å². The fourth-order valence-electron chi connectivity index (χ4n) is 1.54. The first-order chi connectivity index (χ1) is 8.63. The topological polar surface area (TPSA) is 70.6 Å². The molecule has 100 valence electrons. The minimum Gasteiger partial charge on any atom is -0.508 e. The SMILES string of the molecule is COCCCNC(=O)NC(C)c1cccc(O)c1. The zero-order valence-electron chi connectivity index (χ0n) is 10.8. The van der Waals surface area contributed by atoms with Gasteiger partial charge in [-0.05, 0) is 31.0 Å². The van der Waals surface area contributed by atoms with Gasteiger partial charge in [-0.3, -0.25) is 0 Å². The summed E-state index contributed by atoms with van der Waals surface area (Å²) in [6.45, 7) is 3.07. The van der Waals surface area contributed by atoms with Gasteiger partial charge in [0.25, 0.3) is 0 Å². The highest BCUT2D eigenvalue weighted by molar-refractivity contribution is 5.74. The van der Waals surface area contributed by atoms with E-state index in [-0.39, 0.29) is 17.8 Å². The highest BCUT2D eigenvalue weighted by Crippen LogP contribution is 2.17. The van der Waals surface area contributed by atoms with Crippen molar-refractivity contribution in [1.82, 2.24) is 10.6 Å². The van der Waals surface area contributed by atoms with Crippen LogP contribution in [0.1, 0.15) is 24.9 Å². The van der Waals surface area contributed by atoms with Crippen molar-refractivity contribution in [3.63, 3.8) is 0 Å². The number of aromatic hydroxyl groups is 1. The van der Waals surface area contributed by atoms with Crippen LogP contribution in [0.5, 0.6) is 5.75 Å². The van der Waals surface area contributed by atoms with Gasteiger partial charge in [0.15, 0.2) is 0 Å². The van der Waals surface area contributed by atoms with Gasteiger partial charge < -0.3 is 20.5 Å². The molecule has 5 heteroatoms. The summed E-state index contributed by atoms with van der Waals surface area (Å²) in [5.74, 6) is 0.196. The Hall–Kier alpha value is -1.75. The number of rotatable bonds is 6. The molecule has 0 fully saturated rings. The van der Waals surface area contributed by atoms with Crippen LogP contribution in [-0.2, 0) is 4.74 Å². The second kappa shape index (κ2) is 7.55. The van der Waals surface area contributed by atoms with Crippen molar-refractivity contribution in [3.05, 3.63) is 29.8 Å². The minimum absolute atomic E-state index is 0.153. The Morgan fingerprint density at radius 1 is 1.50 bits per heavy atom. The normalized spacial score (nSPS) is 11.9. The Morgan fingerprint density at radius 3 is 2.94 bits per heavy atom. The fraction of sp³-hybridized carbons (Fsp3) is 0.462. The second-order valence-electron chi connectivity index (χ2n) is 4.06. The molecule has 0 aliphatic carbocycles. The highest BCUT2D eigenvalue weighted by atomic mass is 16.5. The predicted octanol–water partition coefficient (Wildman–Crippen LogP) is 1.79. The minimum atomic E-state index is -0.220. The molecule has 0 bridgehead atoms. The van der Waals surface area contributed by atoms with Crippen molar-refractivity contribution in [3.8, 4) is 5.75 Å². The molecule has 0 radical (unpaired) electrons. The first kappa shape index (κ1) is 14.3. The number of phenols is 1. The lowest BCUT2D eigenvalue weighted by molar-refractivity contribution is 0.193. The van der Waals surface area contributed by atoms with Gasteiger partial charge in [-0.1, -0.05) is 12.1 Å². The number of urea groups is 1. The predicted molar refractivity (Wildman–Crippen MR) is 69.5 cm³/mol. The summed E-state index contributed by atoms with van der Waals surface area (Å²) in [7, 11) is 1.63. The summed E-state index contributed by atoms with van der Waals surface area (Å²) in [6, 6.07) is 6.47. The van der Waals surface area contributed by atoms with E-state index in [1.54, 1.807) is 25.3 Å². The van der Waals surface area contributed by atoms with Crippen LogP contribution in [0.25, 0.3) is 0 Å². The highest BCUT2D eigenvalue weighted by Gasteiger charge is 2.09. The van der Waals surface area contributed by atoms with Crippen LogP contribution in [0.4, 0.5) is 4.79 Å². The van der Waals surface area contributed by atoms with Crippen LogP contribution >= 0.6 is 0 Å². The van der Waals surface area contributed by atoms with Crippen molar-refractivity contribution >= 4 is 6.03 Å². The van der Waals surface area contributed by atoms with E-state index in [9.17, 15) is 9.90 Å². The van der Waals surface area contributed by atoms with Crippen molar-refractivity contribution < 1.29 is 14.6 Å². The third-order valence-corrected chi connectivity index (χ3v) is 2.53. The Morgan fingerprint density at radius 2 is 2.28 bits per heavy atom. The van der Waals surface area contributed by atoms with Gasteiger partial charge in [0, 0.05) is 20.3 Å². The molecule has 0 aliphatic heterocycles. The summed E-state index contributed by atoms with van der Waals surface area (Å²) in [5, 5.41) is 14.9. The molecule has 0 aromatic heterocycles. The van der Waals surface area contributed by atoms with E-state index in [0.717, 1.165) is 12.0 Å². The maximum absolute atomic E-state index is 11.5. The van der Waals surface area contributed by atoms with Crippen LogP contribution in [-0.4, -0.2) is 31.4 Å². The van der Waals surface area contributed by atoms with Crippen molar-refractivity contribution in [2.24, 2.45) is 0 Å². The molecular formula is C13H20N2O3. The van der Waals surface area contributed by atoms with E-state index in [2.05, 4.69) is 10.6 Å². The smallest absolute Gasteiger partial charge is 0.315 e. The molecule has 1 aromatic carbocycles. The fourth-order valence-corrected chi connectivity index (χ4v) is 1.54. The number of carbonyl (C=O) groups is 1. The standard InChI is InChI=1S/C13H20N2O3/c1-10(11-5-3-6-12(16)9-11)15-13(17)14-7-4-8-18-2/h3,5-6,9-10,16H,4,7-8H2,1-2H3,(H2,14,15,17). The Balaban J connectivity index is 2.35. The Kier molecular flexibility index (Phi) is 6.00. The molecule has 0 heterocycles. The van der Waals surface area contributed by atoms with E-state index >= 15 is 0 Å². The van der Waals surface area contributed by atoms with Crippen LogP contribution in [0.15, 0.2) is 24.3 Å². The number of methoxy groups -OCH3 is 1. The maximum Gasteiger partial charge on any atom is 0.315 e. The lowest BCUT2D eigenvalue weighted by atomic mass is 10.1. The number of benzene rings is 1. The van der Waals surface area contributed by atoms with Gasteiger partial charge in [-0.15, -0.1) is 0 Å². The molecule has 2 amide bonds. The monoisotopic (exact) mass is 252 g/mol. The molecule has 1 rings (SSSR count). The molecular weight excluding hydrogens is 232 g/mol. The number of ether oxygens (including phenoxy) is 1. The van der Waals surface area contributed by atoms with Crippen molar-refractivity contribution in [1.29, 1.82) is 0 Å². The van der Waals surface area contributed by atoms with E-state index in [1.807, 2.05) is 13.0 Å². The van der Waals surface area contributed by atoms with Crippen molar-refractivity contribution in [2.75, 3.05) is 20.3 Å². The lowest BCUT2D eigenvalue weighted by Crippen LogP contribution is -2.37. The third-order valence-electron chi connectivity index (χ3n) is 2.53. The van der Waals surface area contributed by atoms with E-state index in [1.165, 1.54) is 0 Å². The van der Waals surface area contributed by atoms with E-state index in [0.29, 0.717) is 13.2 Å². The average molecular weight is 252 g/mol. The van der Waals surface area contributed by atoms with E-state index < -0.39 is 0 Å². The number of hydrogen-bond donors (Lipinski definition) is 3. The lowest BCUT2D eigenvalue weighted by Gasteiger charge is -2.15. The summed E-state index contributed by atoms with van der Waals surface area (Å²) in [6.07, 6.45) is 0.782. The molecule has 0 spiro atoms. The zero-order chi connectivity index (χ0) is 13.4. The van der Waals surface area contributed by atoms with Gasteiger partial charge >= 0.3 is 6.03 Å². The number of hydrogen-bond acceptors (Lipinski definition) is 3. The van der Waals surface area contributed by atoms with Gasteiger partial charge in [0.2, 0.25) is 0 Å². The van der Waals surface area contributed by atoms with Gasteiger partial charge in [0.05, 0.1) is 6.04 Å². The van der Waals surface area contributed by atoms with Crippen LogP contribution < -0.4 is 10.6 Å².